The number of benzene rings is 2. The van der Waals surface area contributed by atoms with E-state index in [1.165, 1.54) is 11.1 Å². The van der Waals surface area contributed by atoms with Crippen LogP contribution in [-0.4, -0.2) is 17.6 Å². The fraction of sp³-hybridized carbons (Fsp3) is 0.0455. The summed E-state index contributed by atoms with van der Waals surface area (Å²) < 4.78 is 5.76. The summed E-state index contributed by atoms with van der Waals surface area (Å²) in [5.41, 5.74) is 1.90. The van der Waals surface area contributed by atoms with Gasteiger partial charge in [-0.15, -0.1) is 0 Å². The van der Waals surface area contributed by atoms with E-state index in [1.54, 1.807) is 67.6 Å². The highest BCUT2D eigenvalue weighted by Crippen LogP contribution is 2.29. The molecule has 0 radical (unpaired) electrons. The molecule has 29 heavy (non-hydrogen) atoms. The number of amides is 1. The summed E-state index contributed by atoms with van der Waals surface area (Å²) in [6.07, 6.45) is 1.58. The van der Waals surface area contributed by atoms with Gasteiger partial charge in [0.15, 0.2) is 0 Å². The number of anilines is 1. The van der Waals surface area contributed by atoms with Gasteiger partial charge in [0.25, 0.3) is 5.91 Å². The van der Waals surface area contributed by atoms with Gasteiger partial charge in [-0.2, -0.15) is 10.1 Å². The minimum Gasteiger partial charge on any atom is -0.545 e. The van der Waals surface area contributed by atoms with Crippen LogP contribution in [0.15, 0.2) is 75.8 Å². The van der Waals surface area contributed by atoms with Crippen LogP contribution >= 0.6 is 11.6 Å². The zero-order valence-corrected chi connectivity index (χ0v) is 16.0. The van der Waals surface area contributed by atoms with Gasteiger partial charge in [0.2, 0.25) is 0 Å². The van der Waals surface area contributed by atoms with Gasteiger partial charge in [0, 0.05) is 16.1 Å². The predicted octanol–water partition coefficient (Wildman–Crippen LogP) is 3.77. The van der Waals surface area contributed by atoms with E-state index in [-0.39, 0.29) is 11.5 Å². The molecule has 2 heterocycles. The number of hydrogen-bond acceptors (Lipinski definition) is 5. The molecule has 4 rings (SSSR count). The molecule has 0 aliphatic carbocycles. The van der Waals surface area contributed by atoms with Crippen LogP contribution in [0.2, 0.25) is 5.02 Å². The first-order chi connectivity index (χ1) is 13.9. The van der Waals surface area contributed by atoms with Crippen molar-refractivity contribution < 1.29 is 19.1 Å². The minimum absolute atomic E-state index is 0.0304. The highest BCUT2D eigenvalue weighted by atomic mass is 35.5. The number of rotatable bonds is 4. The first-order valence-corrected chi connectivity index (χ1v) is 9.10. The number of carboxylic acid groups (broad SMARTS) is 1. The summed E-state index contributed by atoms with van der Waals surface area (Å²) >= 11 is 6.01. The summed E-state index contributed by atoms with van der Waals surface area (Å²) in [6.45, 7) is 1.73. The van der Waals surface area contributed by atoms with Crippen LogP contribution < -0.4 is 10.1 Å². The molecule has 0 unspecified atom stereocenters. The van der Waals surface area contributed by atoms with Crippen LogP contribution in [0.4, 0.5) is 5.69 Å². The molecule has 144 valence electrons. The van der Waals surface area contributed by atoms with Crippen LogP contribution in [0.3, 0.4) is 0 Å². The second-order valence-electron chi connectivity index (χ2n) is 6.38. The van der Waals surface area contributed by atoms with Gasteiger partial charge < -0.3 is 14.3 Å². The standard InChI is InChI=1S/C22H15ClN2O4/c1-13-19(21(26)25(24-13)15-6-4-5-14(23)11-15)12-16-9-10-20(29-16)17-7-2-3-8-18(17)22(27)28/h2-12H,1H3,(H,27,28)/p-1/b19-12+. The number of hydrazone groups is 1. The Morgan fingerprint density at radius 2 is 1.93 bits per heavy atom. The third-order valence-electron chi connectivity index (χ3n) is 4.44. The number of furan rings is 1. The van der Waals surface area contributed by atoms with Crippen LogP contribution in [0, 0.1) is 0 Å². The quantitative estimate of drug-likeness (QED) is 0.618. The third-order valence-corrected chi connectivity index (χ3v) is 4.68. The molecular formula is C22H14ClN2O4-. The maximum atomic E-state index is 12.8. The van der Waals surface area contributed by atoms with Crippen molar-refractivity contribution in [2.75, 3.05) is 5.01 Å². The molecule has 0 saturated carbocycles. The van der Waals surface area contributed by atoms with Crippen LogP contribution in [-0.2, 0) is 4.79 Å². The fourth-order valence-corrected chi connectivity index (χ4v) is 3.25. The van der Waals surface area contributed by atoms with Gasteiger partial charge in [0.1, 0.15) is 11.5 Å². The first kappa shape index (κ1) is 18.7. The second kappa shape index (κ2) is 7.41. The molecule has 0 N–H and O–H groups in total. The van der Waals surface area contributed by atoms with Gasteiger partial charge >= 0.3 is 0 Å². The second-order valence-corrected chi connectivity index (χ2v) is 6.81. The Bertz CT molecular complexity index is 1190. The Morgan fingerprint density at radius 1 is 1.14 bits per heavy atom. The lowest BCUT2D eigenvalue weighted by molar-refractivity contribution is -0.254. The summed E-state index contributed by atoms with van der Waals surface area (Å²) in [4.78, 5) is 24.1. The minimum atomic E-state index is -1.29. The number of carbonyl (C=O) groups is 2. The zero-order chi connectivity index (χ0) is 20.5. The molecule has 0 bridgehead atoms. The molecule has 3 aromatic rings. The molecule has 6 nitrogen and oxygen atoms in total. The van der Waals surface area contributed by atoms with E-state index in [2.05, 4.69) is 5.10 Å². The summed E-state index contributed by atoms with van der Waals surface area (Å²) in [7, 11) is 0. The van der Waals surface area contributed by atoms with Crippen LogP contribution in [0.5, 0.6) is 0 Å². The number of carbonyl (C=O) groups excluding carboxylic acids is 2. The molecule has 1 amide bonds. The Morgan fingerprint density at radius 3 is 2.69 bits per heavy atom. The maximum absolute atomic E-state index is 12.8. The van der Waals surface area contributed by atoms with Gasteiger partial charge in [-0.25, -0.2) is 0 Å². The monoisotopic (exact) mass is 405 g/mol. The topological polar surface area (TPSA) is 85.9 Å². The van der Waals surface area contributed by atoms with Crippen molar-refractivity contribution in [1.29, 1.82) is 0 Å². The average molecular weight is 406 g/mol. The summed E-state index contributed by atoms with van der Waals surface area (Å²) in [5.74, 6) is -0.830. The summed E-state index contributed by atoms with van der Waals surface area (Å²) in [5, 5.41) is 17.4. The van der Waals surface area contributed by atoms with E-state index in [9.17, 15) is 14.7 Å². The predicted molar refractivity (Wildman–Crippen MR) is 108 cm³/mol. The summed E-state index contributed by atoms with van der Waals surface area (Å²) in [6, 6.07) is 16.6. The van der Waals surface area contributed by atoms with Crippen LogP contribution in [0.25, 0.3) is 17.4 Å². The smallest absolute Gasteiger partial charge is 0.280 e. The van der Waals surface area contributed by atoms with Crippen molar-refractivity contribution in [3.8, 4) is 11.3 Å². The van der Waals surface area contributed by atoms with Crippen molar-refractivity contribution in [3.63, 3.8) is 0 Å². The van der Waals surface area contributed by atoms with E-state index in [0.717, 1.165) is 0 Å². The molecule has 1 aliphatic rings. The Hall–Kier alpha value is -3.64. The van der Waals surface area contributed by atoms with Crippen molar-refractivity contribution in [2.24, 2.45) is 5.10 Å². The number of nitrogens with zero attached hydrogens (tertiary/aromatic N) is 2. The SMILES string of the molecule is CC1=NN(c2cccc(Cl)c2)C(=O)/C1=C/c1ccc(-c2ccccc2C(=O)[O-])o1. The third kappa shape index (κ3) is 3.58. The lowest BCUT2D eigenvalue weighted by atomic mass is 10.1. The highest BCUT2D eigenvalue weighted by molar-refractivity contribution is 6.33. The van der Waals surface area contributed by atoms with Crippen molar-refractivity contribution in [2.45, 2.75) is 6.92 Å². The van der Waals surface area contributed by atoms with Crippen LogP contribution in [0.1, 0.15) is 23.0 Å². The lowest BCUT2D eigenvalue weighted by Crippen LogP contribution is -2.22. The number of aromatic carboxylic acids is 1. The maximum Gasteiger partial charge on any atom is 0.280 e. The van der Waals surface area contributed by atoms with Crippen molar-refractivity contribution >= 4 is 41.0 Å². The fourth-order valence-electron chi connectivity index (χ4n) is 3.06. The van der Waals surface area contributed by atoms with Gasteiger partial charge in [-0.3, -0.25) is 4.79 Å². The van der Waals surface area contributed by atoms with Crippen molar-refractivity contribution in [1.82, 2.24) is 0 Å². The van der Waals surface area contributed by atoms with Crippen molar-refractivity contribution in [3.05, 3.63) is 82.6 Å². The lowest BCUT2D eigenvalue weighted by Gasteiger charge is -2.11. The molecule has 0 atom stereocenters. The Balaban J connectivity index is 1.66. The van der Waals surface area contributed by atoms with Gasteiger partial charge in [-0.1, -0.05) is 41.9 Å². The zero-order valence-electron chi connectivity index (χ0n) is 15.3. The number of halogens is 1. The Labute approximate surface area is 171 Å². The Kier molecular flexibility index (Phi) is 4.78. The largest absolute Gasteiger partial charge is 0.545 e. The first-order valence-electron chi connectivity index (χ1n) is 8.72. The molecule has 1 aromatic heterocycles. The van der Waals surface area contributed by atoms with Gasteiger partial charge in [-0.05, 0) is 43.3 Å². The number of carboxylic acids is 1. The molecule has 7 heteroatoms. The van der Waals surface area contributed by atoms with E-state index >= 15 is 0 Å². The van der Waals surface area contributed by atoms with E-state index < -0.39 is 5.97 Å². The molecule has 2 aromatic carbocycles. The molecular weight excluding hydrogens is 392 g/mol. The highest BCUT2D eigenvalue weighted by Gasteiger charge is 2.29. The number of hydrogen-bond donors (Lipinski definition) is 0. The van der Waals surface area contributed by atoms with E-state index in [1.807, 2.05) is 0 Å². The molecule has 0 fully saturated rings. The molecule has 0 saturated heterocycles. The molecule has 0 spiro atoms. The average Bonchev–Trinajstić information content (AvgIpc) is 3.28. The van der Waals surface area contributed by atoms with E-state index in [0.29, 0.717) is 39.1 Å². The van der Waals surface area contributed by atoms with E-state index in [4.69, 9.17) is 16.0 Å². The molecule has 1 aliphatic heterocycles. The normalized spacial score (nSPS) is 15.1. The van der Waals surface area contributed by atoms with Gasteiger partial charge in [0.05, 0.1) is 22.9 Å².